The van der Waals surface area contributed by atoms with E-state index in [1.807, 2.05) is 25.1 Å². The first-order chi connectivity index (χ1) is 10.6. The predicted molar refractivity (Wildman–Crippen MR) is 87.3 cm³/mol. The zero-order chi connectivity index (χ0) is 15.9. The van der Waals surface area contributed by atoms with E-state index in [1.54, 1.807) is 6.20 Å². The highest BCUT2D eigenvalue weighted by molar-refractivity contribution is 5.79. The molecule has 2 atom stereocenters. The molecule has 1 saturated heterocycles. The van der Waals surface area contributed by atoms with Crippen molar-refractivity contribution in [3.8, 4) is 0 Å². The molecule has 1 aliphatic rings. The number of pyridine rings is 1. The van der Waals surface area contributed by atoms with Crippen LogP contribution in [-0.4, -0.2) is 24.1 Å². The molecule has 0 aliphatic carbocycles. The van der Waals surface area contributed by atoms with Crippen LogP contribution in [0.15, 0.2) is 24.4 Å². The van der Waals surface area contributed by atoms with Gasteiger partial charge in [-0.05, 0) is 43.2 Å². The van der Waals surface area contributed by atoms with Crippen LogP contribution in [0, 0.1) is 17.8 Å². The van der Waals surface area contributed by atoms with E-state index in [0.29, 0.717) is 11.8 Å². The number of rotatable bonds is 6. The van der Waals surface area contributed by atoms with Gasteiger partial charge in [0.05, 0.1) is 11.7 Å². The normalized spacial score (nSPS) is 18.9. The fourth-order valence-electron chi connectivity index (χ4n) is 3.04. The van der Waals surface area contributed by atoms with Crippen LogP contribution in [0.5, 0.6) is 0 Å². The number of amides is 1. The lowest BCUT2D eigenvalue weighted by atomic mass is 9.86. The highest BCUT2D eigenvalue weighted by Crippen LogP contribution is 2.26. The van der Waals surface area contributed by atoms with Crippen molar-refractivity contribution in [2.45, 2.75) is 46.1 Å². The standard InChI is InChI=1S/C18H28N2O2/c1-13(2)12-17(16-6-4-5-9-19-16)20-18(21)14(3)15-7-10-22-11-8-15/h4-6,9,13-15,17H,7-8,10-12H2,1-3H3,(H,20,21)/t14-,17-/m0/s1. The van der Waals surface area contributed by atoms with Crippen molar-refractivity contribution in [1.82, 2.24) is 10.3 Å². The summed E-state index contributed by atoms with van der Waals surface area (Å²) in [7, 11) is 0. The molecule has 2 heterocycles. The van der Waals surface area contributed by atoms with E-state index < -0.39 is 0 Å². The zero-order valence-electron chi connectivity index (χ0n) is 13.9. The Hall–Kier alpha value is -1.42. The molecule has 0 aromatic carbocycles. The highest BCUT2D eigenvalue weighted by atomic mass is 16.5. The summed E-state index contributed by atoms with van der Waals surface area (Å²) in [5, 5.41) is 3.22. The van der Waals surface area contributed by atoms with Gasteiger partial charge in [-0.15, -0.1) is 0 Å². The fourth-order valence-corrected chi connectivity index (χ4v) is 3.04. The second-order valence-electron chi connectivity index (χ2n) is 6.68. The lowest BCUT2D eigenvalue weighted by molar-refractivity contribution is -0.128. The van der Waals surface area contributed by atoms with Crippen molar-refractivity contribution < 1.29 is 9.53 Å². The van der Waals surface area contributed by atoms with Crippen molar-refractivity contribution in [2.24, 2.45) is 17.8 Å². The van der Waals surface area contributed by atoms with Crippen molar-refractivity contribution in [1.29, 1.82) is 0 Å². The van der Waals surface area contributed by atoms with Crippen molar-refractivity contribution in [3.05, 3.63) is 30.1 Å². The number of nitrogens with zero attached hydrogens (tertiary/aromatic N) is 1. The fraction of sp³-hybridized carbons (Fsp3) is 0.667. The maximum absolute atomic E-state index is 12.6. The van der Waals surface area contributed by atoms with Gasteiger partial charge < -0.3 is 10.1 Å². The molecule has 1 aromatic heterocycles. The maximum Gasteiger partial charge on any atom is 0.223 e. The summed E-state index contributed by atoms with van der Waals surface area (Å²) in [5.74, 6) is 1.10. The molecule has 1 amide bonds. The Morgan fingerprint density at radius 3 is 2.64 bits per heavy atom. The van der Waals surface area contributed by atoms with E-state index in [4.69, 9.17) is 4.74 Å². The molecule has 22 heavy (non-hydrogen) atoms. The number of hydrogen-bond acceptors (Lipinski definition) is 3. The van der Waals surface area contributed by atoms with Crippen LogP contribution in [-0.2, 0) is 9.53 Å². The average Bonchev–Trinajstić information content (AvgIpc) is 2.54. The quantitative estimate of drug-likeness (QED) is 0.877. The Labute approximate surface area is 133 Å². The summed E-state index contributed by atoms with van der Waals surface area (Å²) in [4.78, 5) is 17.1. The van der Waals surface area contributed by atoms with Gasteiger partial charge in [0, 0.05) is 25.3 Å². The van der Waals surface area contributed by atoms with Gasteiger partial charge in [0.25, 0.3) is 0 Å². The van der Waals surface area contributed by atoms with Crippen LogP contribution in [0.25, 0.3) is 0 Å². The first-order valence-corrected chi connectivity index (χ1v) is 8.37. The van der Waals surface area contributed by atoms with Crippen molar-refractivity contribution in [3.63, 3.8) is 0 Å². The SMILES string of the molecule is CC(C)C[C@H](NC(=O)[C@@H](C)C1CCOCC1)c1ccccn1. The molecule has 1 N–H and O–H groups in total. The minimum Gasteiger partial charge on any atom is -0.381 e. The van der Waals surface area contributed by atoms with Gasteiger partial charge in [0.2, 0.25) is 5.91 Å². The van der Waals surface area contributed by atoms with Gasteiger partial charge in [-0.3, -0.25) is 9.78 Å². The van der Waals surface area contributed by atoms with E-state index in [2.05, 4.69) is 24.1 Å². The third-order valence-electron chi connectivity index (χ3n) is 4.46. The largest absolute Gasteiger partial charge is 0.381 e. The Kier molecular flexibility index (Phi) is 6.37. The number of aromatic nitrogens is 1. The van der Waals surface area contributed by atoms with Gasteiger partial charge in [-0.1, -0.05) is 26.8 Å². The van der Waals surface area contributed by atoms with Crippen LogP contribution in [0.3, 0.4) is 0 Å². The monoisotopic (exact) mass is 304 g/mol. The summed E-state index contributed by atoms with van der Waals surface area (Å²) in [6, 6.07) is 5.87. The number of carbonyl (C=O) groups is 1. The molecule has 4 heteroatoms. The predicted octanol–water partition coefficient (Wildman–Crippen LogP) is 3.35. The van der Waals surface area contributed by atoms with Crippen molar-refractivity contribution in [2.75, 3.05) is 13.2 Å². The van der Waals surface area contributed by atoms with Gasteiger partial charge in [0.1, 0.15) is 0 Å². The number of ether oxygens (including phenoxy) is 1. The Morgan fingerprint density at radius 2 is 2.05 bits per heavy atom. The average molecular weight is 304 g/mol. The molecule has 1 fully saturated rings. The molecular weight excluding hydrogens is 276 g/mol. The molecule has 2 rings (SSSR count). The third kappa shape index (κ3) is 4.80. The third-order valence-corrected chi connectivity index (χ3v) is 4.46. The van der Waals surface area contributed by atoms with Gasteiger partial charge in [-0.25, -0.2) is 0 Å². The number of hydrogen-bond donors (Lipinski definition) is 1. The second-order valence-corrected chi connectivity index (χ2v) is 6.68. The number of carbonyl (C=O) groups excluding carboxylic acids is 1. The van der Waals surface area contributed by atoms with Crippen LogP contribution in [0.4, 0.5) is 0 Å². The lowest BCUT2D eigenvalue weighted by Gasteiger charge is -2.29. The minimum absolute atomic E-state index is 0.00371. The van der Waals surface area contributed by atoms with E-state index in [1.165, 1.54) is 0 Å². The van der Waals surface area contributed by atoms with Gasteiger partial charge >= 0.3 is 0 Å². The molecule has 0 radical (unpaired) electrons. The van der Waals surface area contributed by atoms with E-state index in [0.717, 1.165) is 38.2 Å². The first-order valence-electron chi connectivity index (χ1n) is 8.37. The topological polar surface area (TPSA) is 51.2 Å². The summed E-state index contributed by atoms with van der Waals surface area (Å²) in [6.07, 6.45) is 4.65. The molecule has 0 spiro atoms. The van der Waals surface area contributed by atoms with Gasteiger partial charge in [0.15, 0.2) is 0 Å². The Morgan fingerprint density at radius 1 is 1.32 bits per heavy atom. The molecule has 0 saturated carbocycles. The van der Waals surface area contributed by atoms with Crippen molar-refractivity contribution >= 4 is 5.91 Å². The van der Waals surface area contributed by atoms with Gasteiger partial charge in [-0.2, -0.15) is 0 Å². The summed E-state index contributed by atoms with van der Waals surface area (Å²) in [5.41, 5.74) is 0.948. The smallest absolute Gasteiger partial charge is 0.223 e. The summed E-state index contributed by atoms with van der Waals surface area (Å²) < 4.78 is 5.39. The Balaban J connectivity index is 2.01. The molecule has 4 nitrogen and oxygen atoms in total. The molecule has 122 valence electrons. The van der Waals surface area contributed by atoms with Crippen LogP contribution in [0.2, 0.25) is 0 Å². The van der Waals surface area contributed by atoms with Crippen LogP contribution >= 0.6 is 0 Å². The molecule has 1 aromatic rings. The molecule has 1 aliphatic heterocycles. The number of nitrogens with one attached hydrogen (secondary N) is 1. The van der Waals surface area contributed by atoms with E-state index in [-0.39, 0.29) is 17.9 Å². The van der Waals surface area contributed by atoms with Crippen LogP contribution in [0.1, 0.15) is 51.8 Å². The highest BCUT2D eigenvalue weighted by Gasteiger charge is 2.28. The van der Waals surface area contributed by atoms with E-state index >= 15 is 0 Å². The Bertz CT molecular complexity index is 455. The van der Waals surface area contributed by atoms with Crippen LogP contribution < -0.4 is 5.32 Å². The second kappa shape index (κ2) is 8.28. The molecular formula is C18H28N2O2. The summed E-state index contributed by atoms with van der Waals surface area (Å²) >= 11 is 0. The first kappa shape index (κ1) is 16.9. The molecule has 0 bridgehead atoms. The molecule has 0 unspecified atom stereocenters. The zero-order valence-corrected chi connectivity index (χ0v) is 13.9. The van der Waals surface area contributed by atoms with E-state index in [9.17, 15) is 4.79 Å². The maximum atomic E-state index is 12.6. The lowest BCUT2D eigenvalue weighted by Crippen LogP contribution is -2.38. The minimum atomic E-state index is -0.00371. The summed E-state index contributed by atoms with van der Waals surface area (Å²) in [6.45, 7) is 7.93.